The second-order valence-corrected chi connectivity index (χ2v) is 19.9. The standard InChI is InChI=1S/C35H48O10Si/c1-19-16-25-34(18-41-25,44-22(4)37)28-30(43-31(39)23-14-12-11-13-15-23)35(40)17-24(45-46(8,9)10)20(2)26(32(35,5)6)27(38)29(33(19,28)7)42-21(3)36/h11-15,19,24-25,28-30,40H,16-18H2,1-10H3/t19-,24?,25+,28?,29+,30-,33+,34-,35+/m0/s1. The summed E-state index contributed by atoms with van der Waals surface area (Å²) in [5.74, 6) is -3.75. The lowest BCUT2D eigenvalue weighted by Crippen LogP contribution is -2.81. The lowest BCUT2D eigenvalue weighted by atomic mass is 9.43. The molecule has 0 aromatic heterocycles. The van der Waals surface area contributed by atoms with E-state index in [1.807, 2.05) is 40.4 Å². The van der Waals surface area contributed by atoms with Crippen LogP contribution in [0.4, 0.5) is 0 Å². The number of carbonyl (C=O) groups is 4. The molecule has 11 heteroatoms. The smallest absolute Gasteiger partial charge is 0.338 e. The van der Waals surface area contributed by atoms with E-state index in [0.717, 1.165) is 0 Å². The van der Waals surface area contributed by atoms with Gasteiger partial charge in [-0.2, -0.15) is 0 Å². The molecule has 252 valence electrons. The molecule has 4 aliphatic rings. The van der Waals surface area contributed by atoms with E-state index in [9.17, 15) is 19.5 Å². The van der Waals surface area contributed by atoms with E-state index in [1.165, 1.54) is 13.8 Å². The summed E-state index contributed by atoms with van der Waals surface area (Å²) in [5.41, 5.74) is -4.68. The predicted octanol–water partition coefficient (Wildman–Crippen LogP) is 4.79. The fourth-order valence-electron chi connectivity index (χ4n) is 8.81. The van der Waals surface area contributed by atoms with Crippen LogP contribution >= 0.6 is 0 Å². The zero-order valence-corrected chi connectivity index (χ0v) is 29.6. The molecule has 2 unspecified atom stereocenters. The van der Waals surface area contributed by atoms with Crippen LogP contribution in [0.2, 0.25) is 19.6 Å². The monoisotopic (exact) mass is 656 g/mol. The van der Waals surface area contributed by atoms with Gasteiger partial charge in [-0.05, 0) is 56.6 Å². The highest BCUT2D eigenvalue weighted by atomic mass is 28.4. The van der Waals surface area contributed by atoms with Crippen LogP contribution in [-0.4, -0.2) is 79.3 Å². The molecule has 9 atom stereocenters. The molecular weight excluding hydrogens is 608 g/mol. The Kier molecular flexibility index (Phi) is 8.53. The first-order valence-corrected chi connectivity index (χ1v) is 19.5. The van der Waals surface area contributed by atoms with Crippen molar-refractivity contribution < 1.29 is 47.7 Å². The second-order valence-electron chi connectivity index (χ2n) is 15.4. The van der Waals surface area contributed by atoms with Crippen LogP contribution in [0.3, 0.4) is 0 Å². The van der Waals surface area contributed by atoms with Crippen LogP contribution in [0.1, 0.15) is 71.7 Å². The molecule has 2 bridgehead atoms. The number of benzene rings is 1. The predicted molar refractivity (Wildman–Crippen MR) is 170 cm³/mol. The first-order valence-electron chi connectivity index (χ1n) is 16.1. The van der Waals surface area contributed by atoms with E-state index in [2.05, 4.69) is 0 Å². The summed E-state index contributed by atoms with van der Waals surface area (Å²) in [6.45, 7) is 17.7. The first-order chi connectivity index (χ1) is 21.2. The second kappa shape index (κ2) is 11.4. The Hall–Kier alpha value is -2.86. The van der Waals surface area contributed by atoms with Crippen molar-refractivity contribution in [1.82, 2.24) is 0 Å². The number of carbonyl (C=O) groups excluding carboxylic acids is 4. The minimum Gasteiger partial charge on any atom is -0.455 e. The minimum atomic E-state index is -2.26. The number of ether oxygens (including phenoxy) is 4. The van der Waals surface area contributed by atoms with Gasteiger partial charge in [-0.3, -0.25) is 14.4 Å². The molecule has 10 nitrogen and oxygen atoms in total. The number of Topliss-reactive ketones (excluding diaryl/α,β-unsaturated/α-hetero) is 1. The first kappa shape index (κ1) is 34.5. The molecule has 1 saturated heterocycles. The van der Waals surface area contributed by atoms with Crippen LogP contribution in [0.15, 0.2) is 41.5 Å². The number of esters is 3. The van der Waals surface area contributed by atoms with Crippen molar-refractivity contribution >= 4 is 32.0 Å². The van der Waals surface area contributed by atoms with Crippen molar-refractivity contribution in [2.24, 2.45) is 22.7 Å². The average molecular weight is 657 g/mol. The summed E-state index contributed by atoms with van der Waals surface area (Å²) < 4.78 is 31.4. The molecule has 1 aliphatic heterocycles. The summed E-state index contributed by atoms with van der Waals surface area (Å²) in [6, 6.07) is 8.46. The van der Waals surface area contributed by atoms with Gasteiger partial charge in [0, 0.05) is 36.7 Å². The summed E-state index contributed by atoms with van der Waals surface area (Å²) >= 11 is 0. The van der Waals surface area contributed by atoms with Gasteiger partial charge in [0.25, 0.3) is 0 Å². The molecule has 0 spiro atoms. The maximum absolute atomic E-state index is 15.1. The van der Waals surface area contributed by atoms with E-state index in [1.54, 1.807) is 44.2 Å². The molecule has 3 fully saturated rings. The van der Waals surface area contributed by atoms with Crippen LogP contribution in [0.5, 0.6) is 0 Å². The van der Waals surface area contributed by atoms with Crippen LogP contribution in [-0.2, 0) is 37.8 Å². The highest BCUT2D eigenvalue weighted by Crippen LogP contribution is 2.66. The number of aliphatic hydroxyl groups is 1. The summed E-state index contributed by atoms with van der Waals surface area (Å²) in [5, 5.41) is 13.4. The Labute approximate surface area is 272 Å². The van der Waals surface area contributed by atoms with Gasteiger partial charge < -0.3 is 28.5 Å². The number of fused-ring (bicyclic) bond motifs is 5. The summed E-state index contributed by atoms with van der Waals surface area (Å²) in [4.78, 5) is 54.8. The molecule has 1 heterocycles. The number of hydrogen-bond acceptors (Lipinski definition) is 10. The van der Waals surface area contributed by atoms with Crippen LogP contribution in [0.25, 0.3) is 0 Å². The number of rotatable bonds is 6. The van der Waals surface area contributed by atoms with Gasteiger partial charge in [0.15, 0.2) is 20.0 Å². The lowest BCUT2D eigenvalue weighted by molar-refractivity contribution is -0.351. The molecule has 5 rings (SSSR count). The van der Waals surface area contributed by atoms with Gasteiger partial charge in [0.2, 0.25) is 5.78 Å². The van der Waals surface area contributed by atoms with Gasteiger partial charge in [0.1, 0.15) is 17.8 Å². The SMILES string of the molecule is CC(=O)O[C@@H]1C(=O)C2=C(C)C(O[Si](C)(C)C)C[C@@](O)([C@@H](OC(=O)c3ccccc3)C3[C@@]1(C)[C@@H](C)C[C@H]1OC[C@@]31OC(C)=O)C2(C)C. The zero-order chi connectivity index (χ0) is 34.2. The van der Waals surface area contributed by atoms with Gasteiger partial charge >= 0.3 is 17.9 Å². The van der Waals surface area contributed by atoms with Gasteiger partial charge in [-0.25, -0.2) is 4.79 Å². The molecule has 0 radical (unpaired) electrons. The largest absolute Gasteiger partial charge is 0.455 e. The fraction of sp³-hybridized carbons (Fsp3) is 0.657. The molecule has 1 N–H and O–H groups in total. The summed E-state index contributed by atoms with van der Waals surface area (Å²) in [6.07, 6.45) is -3.60. The van der Waals surface area contributed by atoms with Crippen molar-refractivity contribution in [3.63, 3.8) is 0 Å². The Morgan fingerprint density at radius 2 is 1.63 bits per heavy atom. The highest BCUT2D eigenvalue weighted by Gasteiger charge is 2.77. The van der Waals surface area contributed by atoms with E-state index in [0.29, 0.717) is 12.0 Å². The van der Waals surface area contributed by atoms with Crippen LogP contribution < -0.4 is 0 Å². The topological polar surface area (TPSA) is 135 Å². The Balaban J connectivity index is 1.87. The molecular formula is C35H48O10Si. The van der Waals surface area contributed by atoms with Crippen LogP contribution in [0, 0.1) is 22.7 Å². The third kappa shape index (κ3) is 5.18. The Morgan fingerprint density at radius 3 is 2.15 bits per heavy atom. The van der Waals surface area contributed by atoms with E-state index in [-0.39, 0.29) is 30.1 Å². The Morgan fingerprint density at radius 1 is 1.00 bits per heavy atom. The van der Waals surface area contributed by atoms with Gasteiger partial charge in [-0.15, -0.1) is 0 Å². The molecule has 1 aromatic carbocycles. The van der Waals surface area contributed by atoms with Crippen molar-refractivity contribution in [2.45, 2.75) is 117 Å². The molecule has 2 saturated carbocycles. The number of ketones is 1. The van der Waals surface area contributed by atoms with Gasteiger partial charge in [-0.1, -0.05) is 45.9 Å². The number of hydrogen-bond donors (Lipinski definition) is 1. The maximum Gasteiger partial charge on any atom is 0.338 e. The third-order valence-corrected chi connectivity index (χ3v) is 12.1. The quantitative estimate of drug-likeness (QED) is 0.259. The van der Waals surface area contributed by atoms with Crippen molar-refractivity contribution in [1.29, 1.82) is 0 Å². The van der Waals surface area contributed by atoms with Gasteiger partial charge in [0.05, 0.1) is 24.2 Å². The zero-order valence-electron chi connectivity index (χ0n) is 28.6. The van der Waals surface area contributed by atoms with Crippen molar-refractivity contribution in [3.8, 4) is 0 Å². The van der Waals surface area contributed by atoms with Crippen molar-refractivity contribution in [3.05, 3.63) is 47.0 Å². The fourth-order valence-corrected chi connectivity index (χ4v) is 9.93. The highest BCUT2D eigenvalue weighted by molar-refractivity contribution is 6.69. The maximum atomic E-state index is 15.1. The normalized spacial score (nSPS) is 38.3. The Bertz CT molecular complexity index is 1460. The molecule has 3 aliphatic carbocycles. The van der Waals surface area contributed by atoms with E-state index >= 15 is 4.79 Å². The molecule has 0 amide bonds. The van der Waals surface area contributed by atoms with E-state index < -0.39 is 84.4 Å². The molecule has 1 aromatic rings. The molecule has 46 heavy (non-hydrogen) atoms. The lowest BCUT2D eigenvalue weighted by Gasteiger charge is -2.68. The minimum absolute atomic E-state index is 0.0144. The third-order valence-electron chi connectivity index (χ3n) is 11.1. The van der Waals surface area contributed by atoms with E-state index in [4.69, 9.17) is 23.4 Å². The summed E-state index contributed by atoms with van der Waals surface area (Å²) in [7, 11) is -2.26. The van der Waals surface area contributed by atoms with Crippen molar-refractivity contribution in [2.75, 3.05) is 6.61 Å². The average Bonchev–Trinajstić information content (AvgIpc) is 2.93.